The maximum absolute atomic E-state index is 6.23. The van der Waals surface area contributed by atoms with Gasteiger partial charge in [-0.05, 0) is 25.8 Å². The summed E-state index contributed by atoms with van der Waals surface area (Å²) in [5.74, 6) is 1.96. The molecule has 0 saturated carbocycles. The Morgan fingerprint density at radius 1 is 1.28 bits per heavy atom. The average Bonchev–Trinajstić information content (AvgIpc) is 2.30. The van der Waals surface area contributed by atoms with Crippen LogP contribution in [0.4, 0.5) is 11.6 Å². The van der Waals surface area contributed by atoms with Crippen molar-refractivity contribution in [3.8, 4) is 0 Å². The predicted octanol–water partition coefficient (Wildman–Crippen LogP) is 4.30. The molecule has 0 aliphatic rings. The van der Waals surface area contributed by atoms with Gasteiger partial charge in [-0.3, -0.25) is 0 Å². The minimum Gasteiger partial charge on any atom is -0.369 e. The Kier molecular flexibility index (Phi) is 5.54. The van der Waals surface area contributed by atoms with E-state index in [2.05, 4.69) is 36.0 Å². The summed E-state index contributed by atoms with van der Waals surface area (Å²) in [6.45, 7) is 9.29. The molecule has 0 amide bonds. The van der Waals surface area contributed by atoms with Gasteiger partial charge >= 0.3 is 0 Å². The summed E-state index contributed by atoms with van der Waals surface area (Å²) in [5, 5.41) is 4.27. The Morgan fingerprint density at radius 2 is 1.89 bits per heavy atom. The van der Waals surface area contributed by atoms with Crippen molar-refractivity contribution in [3.05, 3.63) is 16.1 Å². The number of hydrogen-bond donors (Lipinski definition) is 1. The van der Waals surface area contributed by atoms with Crippen molar-refractivity contribution in [1.82, 2.24) is 4.98 Å². The van der Waals surface area contributed by atoms with Crippen LogP contribution in [0.25, 0.3) is 0 Å². The van der Waals surface area contributed by atoms with Crippen LogP contribution in [-0.2, 0) is 0 Å². The molecule has 1 atom stereocenters. The van der Waals surface area contributed by atoms with Crippen molar-refractivity contribution in [2.24, 2.45) is 5.92 Å². The molecule has 0 aliphatic carbocycles. The maximum Gasteiger partial charge on any atom is 0.149 e. The second-order valence-corrected chi connectivity index (χ2v) is 5.56. The third kappa shape index (κ3) is 3.42. The summed E-state index contributed by atoms with van der Waals surface area (Å²) in [5.41, 5.74) is 0. The number of nitrogens with zero attached hydrogens (tertiary/aromatic N) is 2. The molecule has 1 heterocycles. The lowest BCUT2D eigenvalue weighted by atomic mass is 10.1. The Bertz CT molecular complexity index is 407. The van der Waals surface area contributed by atoms with Crippen molar-refractivity contribution in [3.63, 3.8) is 0 Å². The molecule has 18 heavy (non-hydrogen) atoms. The Balaban J connectivity index is 3.11. The fraction of sp³-hybridized carbons (Fsp3) is 0.615. The average molecular weight is 290 g/mol. The number of rotatable bonds is 5. The zero-order valence-corrected chi connectivity index (χ0v) is 13.1. The molecule has 3 nitrogen and oxygen atoms in total. The fourth-order valence-corrected chi connectivity index (χ4v) is 2.19. The van der Waals surface area contributed by atoms with Gasteiger partial charge in [-0.1, -0.05) is 37.0 Å². The first-order valence-electron chi connectivity index (χ1n) is 6.21. The van der Waals surface area contributed by atoms with E-state index >= 15 is 0 Å². The summed E-state index contributed by atoms with van der Waals surface area (Å²) >= 11 is 12.3. The number of nitrogens with one attached hydrogen (secondary N) is 1. The van der Waals surface area contributed by atoms with E-state index in [0.717, 1.165) is 12.4 Å². The number of halogens is 2. The monoisotopic (exact) mass is 289 g/mol. The lowest BCUT2D eigenvalue weighted by Gasteiger charge is -2.30. The first-order valence-corrected chi connectivity index (χ1v) is 6.96. The fourth-order valence-electron chi connectivity index (χ4n) is 1.64. The molecule has 0 aliphatic heterocycles. The van der Waals surface area contributed by atoms with Crippen molar-refractivity contribution in [2.45, 2.75) is 33.7 Å². The van der Waals surface area contributed by atoms with Gasteiger partial charge in [0.05, 0.1) is 10.0 Å². The van der Waals surface area contributed by atoms with Gasteiger partial charge in [0.15, 0.2) is 0 Å². The van der Waals surface area contributed by atoms with Gasteiger partial charge in [-0.25, -0.2) is 4.98 Å². The topological polar surface area (TPSA) is 28.2 Å². The summed E-state index contributed by atoms with van der Waals surface area (Å²) in [4.78, 5) is 6.60. The van der Waals surface area contributed by atoms with Crippen LogP contribution in [-0.4, -0.2) is 24.6 Å². The van der Waals surface area contributed by atoms with Crippen molar-refractivity contribution < 1.29 is 0 Å². The molecule has 1 unspecified atom stereocenters. The van der Waals surface area contributed by atoms with E-state index in [1.54, 1.807) is 6.07 Å². The molecule has 1 aromatic heterocycles. The molecule has 0 spiro atoms. The van der Waals surface area contributed by atoms with E-state index in [1.807, 2.05) is 14.0 Å². The third-order valence-electron chi connectivity index (χ3n) is 3.17. The molecule has 0 fully saturated rings. The molecule has 1 N–H and O–H groups in total. The molecular formula is C13H21Cl2N3. The van der Waals surface area contributed by atoms with Gasteiger partial charge in [-0.2, -0.15) is 0 Å². The summed E-state index contributed by atoms with van der Waals surface area (Å²) in [6, 6.07) is 2.10. The Hall–Kier alpha value is -0.670. The largest absolute Gasteiger partial charge is 0.369 e. The third-order valence-corrected chi connectivity index (χ3v) is 3.73. The van der Waals surface area contributed by atoms with Gasteiger partial charge in [0, 0.05) is 19.6 Å². The SMILES string of the molecule is CCNc1nc(N(C)C(C)C(C)C)c(Cl)cc1Cl. The molecule has 5 heteroatoms. The molecule has 0 bridgehead atoms. The highest BCUT2D eigenvalue weighted by Gasteiger charge is 2.19. The van der Waals surface area contributed by atoms with Gasteiger partial charge < -0.3 is 10.2 Å². The number of anilines is 2. The highest BCUT2D eigenvalue weighted by Crippen LogP contribution is 2.32. The molecular weight excluding hydrogens is 269 g/mol. The lowest BCUT2D eigenvalue weighted by molar-refractivity contribution is 0.503. The molecule has 102 valence electrons. The van der Waals surface area contributed by atoms with Crippen LogP contribution in [0.1, 0.15) is 27.7 Å². The van der Waals surface area contributed by atoms with Gasteiger partial charge in [-0.15, -0.1) is 0 Å². The first-order chi connectivity index (χ1) is 8.38. The number of pyridine rings is 1. The molecule has 1 rings (SSSR count). The lowest BCUT2D eigenvalue weighted by Crippen LogP contribution is -2.34. The zero-order valence-electron chi connectivity index (χ0n) is 11.6. The van der Waals surface area contributed by atoms with Crippen LogP contribution < -0.4 is 10.2 Å². The maximum atomic E-state index is 6.23. The van der Waals surface area contributed by atoms with Crippen LogP contribution in [0.5, 0.6) is 0 Å². The summed E-state index contributed by atoms with van der Waals surface area (Å²) in [7, 11) is 2.00. The molecule has 0 radical (unpaired) electrons. The minimum atomic E-state index is 0.352. The van der Waals surface area contributed by atoms with Crippen molar-refractivity contribution in [1.29, 1.82) is 0 Å². The van der Waals surface area contributed by atoms with Gasteiger partial charge in [0.25, 0.3) is 0 Å². The number of aromatic nitrogens is 1. The van der Waals surface area contributed by atoms with Crippen molar-refractivity contribution in [2.75, 3.05) is 23.8 Å². The second-order valence-electron chi connectivity index (χ2n) is 4.75. The van der Waals surface area contributed by atoms with E-state index in [0.29, 0.717) is 27.8 Å². The van der Waals surface area contributed by atoms with E-state index in [-0.39, 0.29) is 0 Å². The molecule has 0 saturated heterocycles. The highest BCUT2D eigenvalue weighted by molar-refractivity contribution is 6.37. The van der Waals surface area contributed by atoms with E-state index in [1.165, 1.54) is 0 Å². The molecule has 1 aromatic rings. The molecule has 0 aromatic carbocycles. The number of hydrogen-bond acceptors (Lipinski definition) is 3. The van der Waals surface area contributed by atoms with E-state index in [4.69, 9.17) is 23.2 Å². The van der Waals surface area contributed by atoms with Crippen LogP contribution in [0.2, 0.25) is 10.0 Å². The van der Waals surface area contributed by atoms with Gasteiger partial charge in [0.1, 0.15) is 11.6 Å². The Labute approximate surface area is 119 Å². The Morgan fingerprint density at radius 3 is 2.39 bits per heavy atom. The highest BCUT2D eigenvalue weighted by atomic mass is 35.5. The van der Waals surface area contributed by atoms with Crippen molar-refractivity contribution >= 4 is 34.8 Å². The normalized spacial score (nSPS) is 12.7. The van der Waals surface area contributed by atoms with Crippen LogP contribution >= 0.6 is 23.2 Å². The minimum absolute atomic E-state index is 0.352. The summed E-state index contributed by atoms with van der Waals surface area (Å²) in [6.07, 6.45) is 0. The smallest absolute Gasteiger partial charge is 0.149 e. The first kappa shape index (κ1) is 15.4. The quantitative estimate of drug-likeness (QED) is 0.876. The van der Waals surface area contributed by atoms with Crippen LogP contribution in [0, 0.1) is 5.92 Å². The van der Waals surface area contributed by atoms with Crippen LogP contribution in [0.3, 0.4) is 0 Å². The van der Waals surface area contributed by atoms with E-state index in [9.17, 15) is 0 Å². The predicted molar refractivity (Wildman–Crippen MR) is 81.1 cm³/mol. The second kappa shape index (κ2) is 6.48. The standard InChI is InChI=1S/C13H21Cl2N3/c1-6-16-12-10(14)7-11(15)13(17-12)18(5)9(4)8(2)3/h7-9H,6H2,1-5H3,(H,16,17). The van der Waals surface area contributed by atoms with Crippen LogP contribution in [0.15, 0.2) is 6.07 Å². The van der Waals surface area contributed by atoms with E-state index < -0.39 is 0 Å². The van der Waals surface area contributed by atoms with Gasteiger partial charge in [0.2, 0.25) is 0 Å². The summed E-state index contributed by atoms with van der Waals surface area (Å²) < 4.78 is 0. The zero-order chi connectivity index (χ0) is 13.9.